The third-order valence-electron chi connectivity index (χ3n) is 5.05. The fraction of sp³-hybridized carbons (Fsp3) is 0.286. The molecule has 1 saturated heterocycles. The molecule has 154 valence electrons. The van der Waals surface area contributed by atoms with E-state index in [1.165, 1.54) is 12.1 Å². The summed E-state index contributed by atoms with van der Waals surface area (Å²) in [5, 5.41) is 2.18. The zero-order chi connectivity index (χ0) is 21.4. The van der Waals surface area contributed by atoms with Crippen molar-refractivity contribution in [2.24, 2.45) is 0 Å². The number of benzene rings is 1. The maximum atomic E-state index is 12.8. The Bertz CT molecular complexity index is 1070. The van der Waals surface area contributed by atoms with E-state index < -0.39 is 29.7 Å². The highest BCUT2D eigenvalue weighted by Crippen LogP contribution is 2.30. The molecule has 1 unspecified atom stereocenters. The molecule has 3 heterocycles. The van der Waals surface area contributed by atoms with E-state index in [0.717, 1.165) is 10.7 Å². The van der Waals surface area contributed by atoms with Crippen LogP contribution in [-0.2, 0) is 16.2 Å². The second-order valence-corrected chi connectivity index (χ2v) is 7.32. The SMILES string of the molecule is CN(C)c1cccc(COc2ccc3c(c2)C(=O)N(C2CCC(=O)NC2=O)C3=O)n1. The molecule has 1 aromatic carbocycles. The lowest BCUT2D eigenvalue weighted by Gasteiger charge is -2.27. The summed E-state index contributed by atoms with van der Waals surface area (Å²) in [5.41, 5.74) is 1.11. The maximum Gasteiger partial charge on any atom is 0.262 e. The third-order valence-corrected chi connectivity index (χ3v) is 5.05. The number of aromatic nitrogens is 1. The first kappa shape index (κ1) is 19.6. The lowest BCUT2D eigenvalue weighted by atomic mass is 10.0. The van der Waals surface area contributed by atoms with Crippen molar-refractivity contribution in [3.63, 3.8) is 0 Å². The Labute approximate surface area is 172 Å². The quantitative estimate of drug-likeness (QED) is 0.739. The van der Waals surface area contributed by atoms with Gasteiger partial charge in [0.25, 0.3) is 11.8 Å². The number of rotatable bonds is 5. The van der Waals surface area contributed by atoms with Crippen LogP contribution in [0.5, 0.6) is 5.75 Å². The maximum absolute atomic E-state index is 12.8. The van der Waals surface area contributed by atoms with Gasteiger partial charge in [-0.3, -0.25) is 29.4 Å². The third kappa shape index (κ3) is 3.49. The summed E-state index contributed by atoms with van der Waals surface area (Å²) in [6.45, 7) is 0.194. The second-order valence-electron chi connectivity index (χ2n) is 7.32. The fourth-order valence-electron chi connectivity index (χ4n) is 3.49. The Morgan fingerprint density at radius 1 is 1.10 bits per heavy atom. The molecule has 0 bridgehead atoms. The molecule has 4 amide bonds. The first-order valence-corrected chi connectivity index (χ1v) is 9.47. The monoisotopic (exact) mass is 408 g/mol. The van der Waals surface area contributed by atoms with Gasteiger partial charge in [0, 0.05) is 20.5 Å². The molecule has 0 aliphatic carbocycles. The van der Waals surface area contributed by atoms with Crippen molar-refractivity contribution < 1.29 is 23.9 Å². The van der Waals surface area contributed by atoms with Gasteiger partial charge in [0.15, 0.2) is 0 Å². The smallest absolute Gasteiger partial charge is 0.262 e. The van der Waals surface area contributed by atoms with Crippen LogP contribution in [0.2, 0.25) is 0 Å². The van der Waals surface area contributed by atoms with Crippen molar-refractivity contribution in [1.82, 2.24) is 15.2 Å². The number of piperidine rings is 1. The normalized spacial score (nSPS) is 18.3. The van der Waals surface area contributed by atoms with Gasteiger partial charge in [0.1, 0.15) is 24.2 Å². The Balaban J connectivity index is 1.51. The van der Waals surface area contributed by atoms with Gasteiger partial charge in [-0.2, -0.15) is 0 Å². The molecule has 30 heavy (non-hydrogen) atoms. The van der Waals surface area contributed by atoms with E-state index in [2.05, 4.69) is 10.3 Å². The Morgan fingerprint density at radius 2 is 1.87 bits per heavy atom. The predicted octanol–water partition coefficient (Wildman–Crippen LogP) is 1.13. The molecule has 9 nitrogen and oxygen atoms in total. The Hall–Kier alpha value is -3.75. The minimum absolute atomic E-state index is 0.0805. The largest absolute Gasteiger partial charge is 0.487 e. The van der Waals surface area contributed by atoms with Crippen LogP contribution in [-0.4, -0.2) is 53.6 Å². The van der Waals surface area contributed by atoms with E-state index in [-0.39, 0.29) is 30.6 Å². The van der Waals surface area contributed by atoms with Crippen LogP contribution >= 0.6 is 0 Å². The van der Waals surface area contributed by atoms with Crippen molar-refractivity contribution in [2.45, 2.75) is 25.5 Å². The second kappa shape index (κ2) is 7.58. The highest BCUT2D eigenvalue weighted by atomic mass is 16.5. The van der Waals surface area contributed by atoms with Gasteiger partial charge in [-0.25, -0.2) is 4.98 Å². The van der Waals surface area contributed by atoms with Crippen LogP contribution in [0.25, 0.3) is 0 Å². The highest BCUT2D eigenvalue weighted by molar-refractivity contribution is 6.23. The van der Waals surface area contributed by atoms with Gasteiger partial charge >= 0.3 is 0 Å². The number of imide groups is 2. The van der Waals surface area contributed by atoms with E-state index in [9.17, 15) is 19.2 Å². The average Bonchev–Trinajstić information content (AvgIpc) is 2.97. The van der Waals surface area contributed by atoms with E-state index in [0.29, 0.717) is 11.4 Å². The summed E-state index contributed by atoms with van der Waals surface area (Å²) in [6, 6.07) is 9.22. The van der Waals surface area contributed by atoms with Crippen LogP contribution in [0.1, 0.15) is 39.3 Å². The summed E-state index contributed by atoms with van der Waals surface area (Å²) in [4.78, 5) is 56.3. The minimum Gasteiger partial charge on any atom is -0.487 e. The molecule has 1 atom stereocenters. The summed E-state index contributed by atoms with van der Waals surface area (Å²) in [7, 11) is 3.79. The van der Waals surface area contributed by atoms with Gasteiger partial charge in [0.05, 0.1) is 16.8 Å². The molecule has 1 N–H and O–H groups in total. The molecule has 1 aromatic heterocycles. The van der Waals surface area contributed by atoms with Crippen LogP contribution in [0.3, 0.4) is 0 Å². The summed E-state index contributed by atoms with van der Waals surface area (Å²) < 4.78 is 5.76. The van der Waals surface area contributed by atoms with Gasteiger partial charge in [-0.15, -0.1) is 0 Å². The molecule has 0 saturated carbocycles. The number of carbonyl (C=O) groups is 4. The van der Waals surface area contributed by atoms with Crippen molar-refractivity contribution >= 4 is 29.4 Å². The van der Waals surface area contributed by atoms with Crippen molar-refractivity contribution in [2.75, 3.05) is 19.0 Å². The molecule has 2 aliphatic rings. The number of carbonyl (C=O) groups excluding carboxylic acids is 4. The topological polar surface area (TPSA) is 109 Å². The first-order valence-electron chi connectivity index (χ1n) is 9.47. The number of nitrogens with zero attached hydrogens (tertiary/aromatic N) is 3. The number of hydrogen-bond donors (Lipinski definition) is 1. The van der Waals surface area contributed by atoms with E-state index >= 15 is 0 Å². The number of ether oxygens (including phenoxy) is 1. The van der Waals surface area contributed by atoms with Crippen molar-refractivity contribution in [1.29, 1.82) is 0 Å². The van der Waals surface area contributed by atoms with Crippen LogP contribution < -0.4 is 15.0 Å². The standard InChI is InChI=1S/C21H20N4O5/c1-24(2)17-5-3-4-12(22-17)11-30-13-6-7-14-15(10-13)21(29)25(20(14)28)16-8-9-18(26)23-19(16)27/h3-7,10,16H,8-9,11H2,1-2H3,(H,23,26,27). The van der Waals surface area contributed by atoms with Crippen LogP contribution in [0.4, 0.5) is 5.82 Å². The molecule has 0 spiro atoms. The number of anilines is 1. The minimum atomic E-state index is -0.988. The van der Waals surface area contributed by atoms with Crippen molar-refractivity contribution in [3.05, 3.63) is 53.2 Å². The number of hydrogen-bond acceptors (Lipinski definition) is 7. The fourth-order valence-corrected chi connectivity index (χ4v) is 3.49. The Kier molecular flexibility index (Phi) is 4.94. The summed E-state index contributed by atoms with van der Waals surface area (Å²) in [6.07, 6.45) is 0.199. The number of pyridine rings is 1. The lowest BCUT2D eigenvalue weighted by Crippen LogP contribution is -2.54. The average molecular weight is 408 g/mol. The van der Waals surface area contributed by atoms with Crippen LogP contribution in [0.15, 0.2) is 36.4 Å². The molecule has 4 rings (SSSR count). The molecule has 9 heteroatoms. The van der Waals surface area contributed by atoms with E-state index in [1.54, 1.807) is 6.07 Å². The van der Waals surface area contributed by atoms with Gasteiger partial charge in [-0.05, 0) is 36.8 Å². The molecular weight excluding hydrogens is 388 g/mol. The molecule has 1 fully saturated rings. The van der Waals surface area contributed by atoms with Gasteiger partial charge in [-0.1, -0.05) is 6.07 Å². The predicted molar refractivity (Wildman–Crippen MR) is 106 cm³/mol. The molecule has 2 aromatic rings. The van der Waals surface area contributed by atoms with Crippen LogP contribution in [0, 0.1) is 0 Å². The zero-order valence-electron chi connectivity index (χ0n) is 16.5. The van der Waals surface area contributed by atoms with E-state index in [4.69, 9.17) is 4.74 Å². The molecule has 2 aliphatic heterocycles. The van der Waals surface area contributed by atoms with Crippen molar-refractivity contribution in [3.8, 4) is 5.75 Å². The van der Waals surface area contributed by atoms with Gasteiger partial charge < -0.3 is 9.64 Å². The Morgan fingerprint density at radius 3 is 2.60 bits per heavy atom. The molecular formula is C21H20N4O5. The lowest BCUT2D eigenvalue weighted by molar-refractivity contribution is -0.136. The van der Waals surface area contributed by atoms with Gasteiger partial charge in [0.2, 0.25) is 11.8 Å². The highest BCUT2D eigenvalue weighted by Gasteiger charge is 2.44. The molecule has 0 radical (unpaired) electrons. The summed E-state index contributed by atoms with van der Waals surface area (Å²) >= 11 is 0. The number of fused-ring (bicyclic) bond motifs is 1. The zero-order valence-corrected chi connectivity index (χ0v) is 16.5. The number of amides is 4. The van der Waals surface area contributed by atoms with E-state index in [1.807, 2.05) is 37.2 Å². The first-order chi connectivity index (χ1) is 14.3. The summed E-state index contributed by atoms with van der Waals surface area (Å²) in [5.74, 6) is -0.943. The number of nitrogens with one attached hydrogen (secondary N) is 1.